The summed E-state index contributed by atoms with van der Waals surface area (Å²) < 4.78 is 0.955. The summed E-state index contributed by atoms with van der Waals surface area (Å²) in [6.07, 6.45) is 0.200. The minimum atomic E-state index is -0.563. The zero-order valence-electron chi connectivity index (χ0n) is 10.1. The molecular weight excluding hydrogens is 266 g/mol. The average Bonchev–Trinajstić information content (AvgIpc) is 2.41. The fourth-order valence-corrected chi connectivity index (χ4v) is 2.00. The molecule has 2 aromatic rings. The van der Waals surface area contributed by atoms with Crippen molar-refractivity contribution in [2.75, 3.05) is 0 Å². The number of hydrogen-bond donors (Lipinski definition) is 1. The molecule has 19 heavy (non-hydrogen) atoms. The van der Waals surface area contributed by atoms with E-state index < -0.39 is 11.2 Å². The number of rotatable bonds is 2. The Hall–Kier alpha value is -2.32. The number of hydrogen-bond acceptors (Lipinski definition) is 3. The Bertz CT molecular complexity index is 784. The van der Waals surface area contributed by atoms with Crippen molar-refractivity contribution in [3.05, 3.63) is 66.9 Å². The zero-order valence-corrected chi connectivity index (χ0v) is 10.9. The molecule has 1 aromatic carbocycles. The summed E-state index contributed by atoms with van der Waals surface area (Å²) >= 11 is 5.90. The molecule has 0 unspecified atom stereocenters. The summed E-state index contributed by atoms with van der Waals surface area (Å²) in [5.41, 5.74) is 0.420. The molecule has 0 aliphatic heterocycles. The molecule has 1 heterocycles. The van der Waals surface area contributed by atoms with Crippen molar-refractivity contribution in [2.24, 2.45) is 7.05 Å². The Labute approximate surface area is 113 Å². The van der Waals surface area contributed by atoms with Crippen molar-refractivity contribution in [2.45, 2.75) is 6.42 Å². The van der Waals surface area contributed by atoms with E-state index in [1.165, 1.54) is 7.05 Å². The Morgan fingerprint density at radius 3 is 2.74 bits per heavy atom. The van der Waals surface area contributed by atoms with Gasteiger partial charge in [-0.15, -0.1) is 0 Å². The number of H-pyrrole nitrogens is 1. The lowest BCUT2D eigenvalue weighted by atomic mass is 10.0. The van der Waals surface area contributed by atoms with Gasteiger partial charge in [-0.25, -0.2) is 4.79 Å². The molecule has 1 N–H and O–H groups in total. The molecule has 1 aromatic heterocycles. The van der Waals surface area contributed by atoms with E-state index in [4.69, 9.17) is 16.9 Å². The molecular formula is C13H10ClN3O2. The molecule has 5 nitrogen and oxygen atoms in total. The van der Waals surface area contributed by atoms with Gasteiger partial charge in [0.2, 0.25) is 0 Å². The van der Waals surface area contributed by atoms with Crippen molar-refractivity contribution in [3.8, 4) is 6.07 Å². The number of benzene rings is 1. The maximum atomic E-state index is 12.0. The van der Waals surface area contributed by atoms with Crippen LogP contribution in [-0.4, -0.2) is 9.55 Å². The predicted octanol–water partition coefficient (Wildman–Crippen LogP) is 1.19. The molecule has 0 saturated heterocycles. The fraction of sp³-hybridized carbons (Fsp3) is 0.154. The average molecular weight is 276 g/mol. The summed E-state index contributed by atoms with van der Waals surface area (Å²) in [5.74, 6) is 0. The van der Waals surface area contributed by atoms with Crippen LogP contribution in [-0.2, 0) is 13.5 Å². The van der Waals surface area contributed by atoms with Gasteiger partial charge in [0.15, 0.2) is 0 Å². The van der Waals surface area contributed by atoms with Crippen LogP contribution < -0.4 is 11.2 Å². The Kier molecular flexibility index (Phi) is 3.54. The lowest BCUT2D eigenvalue weighted by Gasteiger charge is -2.06. The van der Waals surface area contributed by atoms with Crippen molar-refractivity contribution < 1.29 is 0 Å². The second kappa shape index (κ2) is 5.12. The van der Waals surface area contributed by atoms with Crippen molar-refractivity contribution in [1.29, 1.82) is 5.26 Å². The van der Waals surface area contributed by atoms with Crippen LogP contribution in [0.2, 0.25) is 5.15 Å². The van der Waals surface area contributed by atoms with Crippen LogP contribution in [0.3, 0.4) is 0 Å². The molecule has 0 saturated carbocycles. The van der Waals surface area contributed by atoms with Crippen molar-refractivity contribution in [1.82, 2.24) is 9.55 Å². The highest BCUT2D eigenvalue weighted by molar-refractivity contribution is 6.30. The van der Waals surface area contributed by atoms with Crippen LogP contribution in [0.4, 0.5) is 0 Å². The quantitative estimate of drug-likeness (QED) is 0.836. The van der Waals surface area contributed by atoms with Crippen molar-refractivity contribution in [3.63, 3.8) is 0 Å². The first-order valence-corrected chi connectivity index (χ1v) is 5.88. The number of halogens is 1. The number of aromatic amines is 1. The van der Waals surface area contributed by atoms with E-state index in [-0.39, 0.29) is 17.1 Å². The van der Waals surface area contributed by atoms with E-state index in [2.05, 4.69) is 11.1 Å². The zero-order chi connectivity index (χ0) is 14.0. The van der Waals surface area contributed by atoms with Crippen molar-refractivity contribution >= 4 is 11.6 Å². The lowest BCUT2D eigenvalue weighted by molar-refractivity contribution is 0.758. The third kappa shape index (κ3) is 2.44. The van der Waals surface area contributed by atoms with Gasteiger partial charge in [0.25, 0.3) is 5.56 Å². The second-order valence-corrected chi connectivity index (χ2v) is 4.41. The molecule has 96 valence electrons. The van der Waals surface area contributed by atoms with Gasteiger partial charge in [-0.05, 0) is 11.6 Å². The van der Waals surface area contributed by atoms with Gasteiger partial charge in [-0.3, -0.25) is 14.3 Å². The smallest absolute Gasteiger partial charge is 0.297 e. The van der Waals surface area contributed by atoms with Gasteiger partial charge in [0.1, 0.15) is 5.15 Å². The van der Waals surface area contributed by atoms with Crippen LogP contribution in [0.5, 0.6) is 0 Å². The summed E-state index contributed by atoms with van der Waals surface area (Å²) in [6.45, 7) is 0. The maximum absolute atomic E-state index is 12.0. The number of nitrogens with one attached hydrogen (secondary N) is 1. The molecule has 0 radical (unpaired) electrons. The molecule has 0 aliphatic carbocycles. The molecule has 0 spiro atoms. The first kappa shape index (κ1) is 13.1. The molecule has 0 atom stereocenters. The van der Waals surface area contributed by atoms with Gasteiger partial charge in [-0.2, -0.15) is 5.26 Å². The highest BCUT2D eigenvalue weighted by Gasteiger charge is 2.12. The van der Waals surface area contributed by atoms with Crippen LogP contribution in [0, 0.1) is 11.3 Å². The predicted molar refractivity (Wildman–Crippen MR) is 71.3 cm³/mol. The van der Waals surface area contributed by atoms with Gasteiger partial charge in [-0.1, -0.05) is 29.8 Å². The lowest BCUT2D eigenvalue weighted by Crippen LogP contribution is -2.35. The molecule has 0 bridgehead atoms. The monoisotopic (exact) mass is 275 g/mol. The fourth-order valence-electron chi connectivity index (χ4n) is 1.77. The molecule has 6 heteroatoms. The standard InChI is InChI=1S/C13H10ClN3O2/c1-17-12(18)10(11(14)16-13(17)19)6-8-4-2-3-5-9(8)7-15/h2-5H,6H2,1H3,(H,16,19). The number of nitrogens with zero attached hydrogens (tertiary/aromatic N) is 2. The van der Waals surface area contributed by atoms with E-state index in [1.54, 1.807) is 24.3 Å². The van der Waals surface area contributed by atoms with Gasteiger partial charge in [0, 0.05) is 13.5 Å². The topological polar surface area (TPSA) is 78.7 Å². The molecule has 0 aliphatic rings. The molecule has 0 amide bonds. The Morgan fingerprint density at radius 1 is 1.37 bits per heavy atom. The third-order valence-corrected chi connectivity index (χ3v) is 3.18. The van der Waals surface area contributed by atoms with Gasteiger partial charge in [0.05, 0.1) is 17.2 Å². The Morgan fingerprint density at radius 2 is 2.05 bits per heavy atom. The van der Waals surface area contributed by atoms with Gasteiger partial charge >= 0.3 is 5.69 Å². The van der Waals surface area contributed by atoms with E-state index >= 15 is 0 Å². The molecule has 2 rings (SSSR count). The van der Waals surface area contributed by atoms with Crippen LogP contribution in [0.1, 0.15) is 16.7 Å². The summed E-state index contributed by atoms with van der Waals surface area (Å²) in [4.78, 5) is 25.7. The van der Waals surface area contributed by atoms with E-state index in [1.807, 2.05) is 0 Å². The molecule has 0 fully saturated rings. The first-order valence-electron chi connectivity index (χ1n) is 5.50. The summed E-state index contributed by atoms with van der Waals surface area (Å²) in [5, 5.41) is 9.02. The minimum absolute atomic E-state index is 0.0147. The first-order chi connectivity index (χ1) is 9.04. The highest BCUT2D eigenvalue weighted by atomic mass is 35.5. The van der Waals surface area contributed by atoms with Gasteiger partial charge < -0.3 is 0 Å². The number of aromatic nitrogens is 2. The summed E-state index contributed by atoms with van der Waals surface area (Å²) in [6, 6.07) is 9.00. The maximum Gasteiger partial charge on any atom is 0.329 e. The largest absolute Gasteiger partial charge is 0.329 e. The SMILES string of the molecule is Cn1c(=O)[nH]c(Cl)c(Cc2ccccc2C#N)c1=O. The summed E-state index contributed by atoms with van der Waals surface area (Å²) in [7, 11) is 1.37. The van der Waals surface area contributed by atoms with E-state index in [0.29, 0.717) is 11.1 Å². The van der Waals surface area contributed by atoms with Crippen LogP contribution in [0.25, 0.3) is 0 Å². The second-order valence-electron chi connectivity index (χ2n) is 4.03. The van der Waals surface area contributed by atoms with E-state index in [9.17, 15) is 9.59 Å². The van der Waals surface area contributed by atoms with Crippen LogP contribution >= 0.6 is 11.6 Å². The normalized spacial score (nSPS) is 10.2. The third-order valence-electron chi connectivity index (χ3n) is 2.85. The minimum Gasteiger partial charge on any atom is -0.297 e. The van der Waals surface area contributed by atoms with Crippen LogP contribution in [0.15, 0.2) is 33.9 Å². The van der Waals surface area contributed by atoms with E-state index in [0.717, 1.165) is 4.57 Å². The Balaban J connectivity index is 2.57. The number of nitriles is 1. The highest BCUT2D eigenvalue weighted by Crippen LogP contribution is 2.15.